The number of hydrogen-bond acceptors (Lipinski definition) is 5. The van der Waals surface area contributed by atoms with E-state index in [1.807, 2.05) is 49.4 Å². The maximum absolute atomic E-state index is 13.0. The van der Waals surface area contributed by atoms with Gasteiger partial charge in [0, 0.05) is 24.4 Å². The molecule has 140 valence electrons. The van der Waals surface area contributed by atoms with Gasteiger partial charge in [-0.3, -0.25) is 19.5 Å². The zero-order valence-corrected chi connectivity index (χ0v) is 16.0. The van der Waals surface area contributed by atoms with Gasteiger partial charge in [0.25, 0.3) is 11.2 Å². The van der Waals surface area contributed by atoms with Crippen molar-refractivity contribution in [2.45, 2.75) is 24.4 Å². The Bertz CT molecular complexity index is 1270. The summed E-state index contributed by atoms with van der Waals surface area (Å²) in [4.78, 5) is 28.3. The number of nitro groups is 1. The smallest absolute Gasteiger partial charge is 0.269 e. The molecular weight excluding hydrogens is 374 g/mol. The summed E-state index contributed by atoms with van der Waals surface area (Å²) >= 11 is 1.41. The van der Waals surface area contributed by atoms with Gasteiger partial charge >= 0.3 is 0 Å². The van der Waals surface area contributed by atoms with E-state index in [2.05, 4.69) is 0 Å². The first-order chi connectivity index (χ1) is 13.6. The van der Waals surface area contributed by atoms with Crippen molar-refractivity contribution in [3.05, 3.63) is 86.7 Å². The lowest BCUT2D eigenvalue weighted by Crippen LogP contribution is -2.22. The molecule has 0 N–H and O–H groups in total. The van der Waals surface area contributed by atoms with Crippen molar-refractivity contribution in [2.24, 2.45) is 0 Å². The topological polar surface area (TPSA) is 78.0 Å². The monoisotopic (exact) mass is 391 g/mol. The van der Waals surface area contributed by atoms with Gasteiger partial charge in [-0.05, 0) is 35.4 Å². The molecule has 1 aromatic heterocycles. The van der Waals surface area contributed by atoms with E-state index in [1.54, 1.807) is 16.7 Å². The Balaban J connectivity index is 1.75. The molecular formula is C21H17N3O3S. The lowest BCUT2D eigenvalue weighted by Gasteiger charge is -2.12. The quantitative estimate of drug-likeness (QED) is 0.161. The Morgan fingerprint density at radius 2 is 1.82 bits per heavy atom. The third kappa shape index (κ3) is 3.36. The SMILES string of the molecule is CCn1c(SCc2cccc([N+](=O)[O-])c2)nc2cc3ccccc3cc2c1=O. The minimum absolute atomic E-state index is 0.0592. The number of fused-ring (bicyclic) bond motifs is 2. The summed E-state index contributed by atoms with van der Waals surface area (Å²) in [6.45, 7) is 2.42. The molecule has 0 amide bonds. The van der Waals surface area contributed by atoms with Crippen LogP contribution >= 0.6 is 11.8 Å². The van der Waals surface area contributed by atoms with Crippen molar-refractivity contribution in [1.82, 2.24) is 9.55 Å². The average molecular weight is 391 g/mol. The molecule has 1 heterocycles. The minimum Gasteiger partial charge on any atom is -0.287 e. The van der Waals surface area contributed by atoms with Gasteiger partial charge in [0.05, 0.1) is 15.8 Å². The van der Waals surface area contributed by atoms with Gasteiger partial charge in [0.15, 0.2) is 5.16 Å². The van der Waals surface area contributed by atoms with Gasteiger partial charge in [-0.2, -0.15) is 0 Å². The van der Waals surface area contributed by atoms with Crippen LogP contribution in [0.25, 0.3) is 21.7 Å². The van der Waals surface area contributed by atoms with E-state index in [1.165, 1.54) is 17.8 Å². The zero-order valence-electron chi connectivity index (χ0n) is 15.2. The van der Waals surface area contributed by atoms with E-state index in [-0.39, 0.29) is 11.2 Å². The number of hydrogen-bond donors (Lipinski definition) is 0. The molecule has 0 atom stereocenters. The lowest BCUT2D eigenvalue weighted by molar-refractivity contribution is -0.384. The summed E-state index contributed by atoms with van der Waals surface area (Å²) < 4.78 is 1.65. The zero-order chi connectivity index (χ0) is 19.7. The van der Waals surface area contributed by atoms with Gasteiger partial charge in [-0.1, -0.05) is 48.2 Å². The van der Waals surface area contributed by atoms with Crippen molar-refractivity contribution < 1.29 is 4.92 Å². The Hall–Kier alpha value is -3.19. The molecule has 0 aliphatic heterocycles. The highest BCUT2D eigenvalue weighted by Gasteiger charge is 2.13. The molecule has 0 saturated heterocycles. The normalized spacial score (nSPS) is 11.2. The van der Waals surface area contributed by atoms with Crippen LogP contribution in [0.4, 0.5) is 5.69 Å². The minimum atomic E-state index is -0.407. The summed E-state index contributed by atoms with van der Waals surface area (Å²) in [7, 11) is 0. The number of benzene rings is 3. The summed E-state index contributed by atoms with van der Waals surface area (Å²) in [6, 6.07) is 18.2. The Kier molecular flexibility index (Phi) is 4.83. The Morgan fingerprint density at radius 3 is 2.54 bits per heavy atom. The van der Waals surface area contributed by atoms with Crippen LogP contribution in [0.2, 0.25) is 0 Å². The molecule has 0 fully saturated rings. The number of nitrogens with zero attached hydrogens (tertiary/aromatic N) is 3. The third-order valence-corrected chi connectivity index (χ3v) is 5.64. The molecule has 0 bridgehead atoms. The number of non-ortho nitro benzene ring substituents is 1. The molecule has 6 nitrogen and oxygen atoms in total. The highest BCUT2D eigenvalue weighted by molar-refractivity contribution is 7.98. The van der Waals surface area contributed by atoms with Crippen molar-refractivity contribution >= 4 is 39.1 Å². The first-order valence-corrected chi connectivity index (χ1v) is 9.85. The van der Waals surface area contributed by atoms with E-state index < -0.39 is 4.92 Å². The largest absolute Gasteiger partial charge is 0.287 e. The molecule has 0 unspecified atom stereocenters. The van der Waals surface area contributed by atoms with Crippen molar-refractivity contribution in [2.75, 3.05) is 0 Å². The molecule has 0 radical (unpaired) electrons. The van der Waals surface area contributed by atoms with Crippen LogP contribution in [0.3, 0.4) is 0 Å². The third-order valence-electron chi connectivity index (χ3n) is 4.59. The number of nitro benzene ring substituents is 1. The molecule has 7 heteroatoms. The standard InChI is InChI=1S/C21H17N3O3S/c1-2-23-20(25)18-11-15-7-3-4-8-16(15)12-19(18)22-21(23)28-13-14-6-5-9-17(10-14)24(26)27/h3-12H,2,13H2,1H3. The van der Waals surface area contributed by atoms with Crippen LogP contribution in [0.1, 0.15) is 12.5 Å². The van der Waals surface area contributed by atoms with Gasteiger partial charge in [-0.25, -0.2) is 4.98 Å². The summed E-state index contributed by atoms with van der Waals surface area (Å²) in [5.74, 6) is 0.493. The molecule has 0 spiro atoms. The van der Waals surface area contributed by atoms with E-state index in [9.17, 15) is 14.9 Å². The second kappa shape index (κ2) is 7.44. The first kappa shape index (κ1) is 18.2. The van der Waals surface area contributed by atoms with Crippen molar-refractivity contribution in [1.29, 1.82) is 0 Å². The van der Waals surface area contributed by atoms with Crippen LogP contribution < -0.4 is 5.56 Å². The van der Waals surface area contributed by atoms with Gasteiger partial charge < -0.3 is 0 Å². The molecule has 0 aliphatic carbocycles. The van der Waals surface area contributed by atoms with E-state index in [4.69, 9.17) is 4.98 Å². The highest BCUT2D eigenvalue weighted by Crippen LogP contribution is 2.26. The van der Waals surface area contributed by atoms with E-state index in [0.717, 1.165) is 16.3 Å². The van der Waals surface area contributed by atoms with Gasteiger partial charge in [0.1, 0.15) is 0 Å². The molecule has 0 saturated carbocycles. The van der Waals surface area contributed by atoms with E-state index >= 15 is 0 Å². The van der Waals surface area contributed by atoms with Crippen LogP contribution in [0, 0.1) is 10.1 Å². The molecule has 3 aromatic carbocycles. The van der Waals surface area contributed by atoms with Crippen LogP contribution in [-0.4, -0.2) is 14.5 Å². The predicted molar refractivity (Wildman–Crippen MR) is 112 cm³/mol. The first-order valence-electron chi connectivity index (χ1n) is 8.86. The Labute approximate surface area is 165 Å². The fraction of sp³-hybridized carbons (Fsp3) is 0.143. The van der Waals surface area contributed by atoms with Crippen LogP contribution in [0.5, 0.6) is 0 Å². The average Bonchev–Trinajstić information content (AvgIpc) is 2.71. The second-order valence-electron chi connectivity index (χ2n) is 6.38. The van der Waals surface area contributed by atoms with Gasteiger partial charge in [0.2, 0.25) is 0 Å². The lowest BCUT2D eigenvalue weighted by atomic mass is 10.1. The number of thioether (sulfide) groups is 1. The fourth-order valence-corrected chi connectivity index (χ4v) is 4.19. The number of aromatic nitrogens is 2. The summed E-state index contributed by atoms with van der Waals surface area (Å²) in [6.07, 6.45) is 0. The molecule has 4 rings (SSSR count). The van der Waals surface area contributed by atoms with Gasteiger partial charge in [-0.15, -0.1) is 0 Å². The van der Waals surface area contributed by atoms with Crippen LogP contribution in [-0.2, 0) is 12.3 Å². The number of rotatable bonds is 5. The molecule has 4 aromatic rings. The van der Waals surface area contributed by atoms with Crippen molar-refractivity contribution in [3.8, 4) is 0 Å². The van der Waals surface area contributed by atoms with E-state index in [0.29, 0.717) is 28.4 Å². The molecule has 0 aliphatic rings. The Morgan fingerprint density at radius 1 is 1.07 bits per heavy atom. The highest BCUT2D eigenvalue weighted by atomic mass is 32.2. The fourth-order valence-electron chi connectivity index (χ4n) is 3.18. The summed E-state index contributed by atoms with van der Waals surface area (Å²) in [5.41, 5.74) is 1.47. The second-order valence-corrected chi connectivity index (χ2v) is 7.32. The maximum Gasteiger partial charge on any atom is 0.269 e. The predicted octanol–water partition coefficient (Wildman–Crippen LogP) is 4.77. The van der Waals surface area contributed by atoms with Crippen molar-refractivity contribution in [3.63, 3.8) is 0 Å². The van der Waals surface area contributed by atoms with Crippen LogP contribution in [0.15, 0.2) is 70.6 Å². The molecule has 28 heavy (non-hydrogen) atoms. The maximum atomic E-state index is 13.0. The summed E-state index contributed by atoms with van der Waals surface area (Å²) in [5, 5.41) is 14.2.